The maximum absolute atomic E-state index is 13.4. The topological polar surface area (TPSA) is 18.5 Å². The summed E-state index contributed by atoms with van der Waals surface area (Å²) in [6.45, 7) is 2.45. The van der Waals surface area contributed by atoms with Crippen LogP contribution in [0, 0.1) is 0 Å². The van der Waals surface area contributed by atoms with Gasteiger partial charge in [-0.3, -0.25) is 0 Å². The normalized spacial score (nSPS) is 42.0. The summed E-state index contributed by atoms with van der Waals surface area (Å²) in [6.07, 6.45) is -1.16. The number of hydrogen-bond acceptors (Lipinski definition) is 3. The van der Waals surface area contributed by atoms with E-state index in [4.69, 9.17) is 9.47 Å². The average Bonchev–Trinajstić information content (AvgIpc) is 2.29. The fraction of sp³-hybridized carbons (Fsp3) is 1.00. The van der Waals surface area contributed by atoms with Crippen molar-refractivity contribution >= 4 is 11.8 Å². The molecule has 0 aromatic carbocycles. The van der Waals surface area contributed by atoms with Crippen LogP contribution in [0.4, 0.5) is 4.39 Å². The summed E-state index contributed by atoms with van der Waals surface area (Å²) >= 11 is 1.61. The van der Waals surface area contributed by atoms with Crippen LogP contribution in [-0.4, -0.2) is 43.6 Å². The van der Waals surface area contributed by atoms with Crippen LogP contribution in [0.1, 0.15) is 6.92 Å². The van der Waals surface area contributed by atoms with E-state index in [2.05, 4.69) is 0 Å². The van der Waals surface area contributed by atoms with E-state index in [-0.39, 0.29) is 16.6 Å². The molecule has 1 heterocycles. The number of rotatable bonds is 3. The van der Waals surface area contributed by atoms with Crippen molar-refractivity contribution in [3.05, 3.63) is 0 Å². The minimum atomic E-state index is -0.861. The molecule has 0 spiro atoms. The van der Waals surface area contributed by atoms with Crippen LogP contribution in [-0.2, 0) is 9.47 Å². The largest absolute Gasteiger partial charge is 0.383 e. The zero-order valence-electron chi connectivity index (χ0n) is 7.62. The molecule has 4 heteroatoms. The molecule has 0 saturated carbocycles. The van der Waals surface area contributed by atoms with Gasteiger partial charge in [-0.2, -0.15) is 0 Å². The van der Waals surface area contributed by atoms with Gasteiger partial charge >= 0.3 is 0 Å². The number of ether oxygens (including phenoxy) is 2. The van der Waals surface area contributed by atoms with Gasteiger partial charge in [0.1, 0.15) is 12.3 Å². The first-order chi connectivity index (χ1) is 5.70. The lowest BCUT2D eigenvalue weighted by Gasteiger charge is -2.17. The van der Waals surface area contributed by atoms with E-state index < -0.39 is 6.17 Å². The fourth-order valence-electron chi connectivity index (χ4n) is 1.48. The molecule has 0 aromatic rings. The van der Waals surface area contributed by atoms with Gasteiger partial charge in [0.2, 0.25) is 0 Å². The van der Waals surface area contributed by atoms with Crippen molar-refractivity contribution in [1.82, 2.24) is 0 Å². The second-order valence-electron chi connectivity index (χ2n) is 2.98. The number of thioether (sulfide) groups is 1. The molecule has 0 bridgehead atoms. The standard InChI is InChI=1S/C8H15FO2S/c1-5-7(9)8(11-3)6(12-5)4-10-2/h5-8H,4H2,1-3H3/t5?,6?,7-,8?/m0/s1. The minimum Gasteiger partial charge on any atom is -0.383 e. The van der Waals surface area contributed by atoms with Crippen LogP contribution in [0.2, 0.25) is 0 Å². The molecule has 3 unspecified atom stereocenters. The first-order valence-electron chi connectivity index (χ1n) is 4.02. The molecule has 1 rings (SSSR count). The fourth-order valence-corrected chi connectivity index (χ4v) is 2.97. The highest BCUT2D eigenvalue weighted by Gasteiger charge is 2.42. The third-order valence-corrected chi connectivity index (χ3v) is 3.56. The highest BCUT2D eigenvalue weighted by Crippen LogP contribution is 2.37. The molecule has 12 heavy (non-hydrogen) atoms. The Balaban J connectivity index is 2.52. The monoisotopic (exact) mass is 194 g/mol. The van der Waals surface area contributed by atoms with E-state index in [1.165, 1.54) is 0 Å². The summed E-state index contributed by atoms with van der Waals surface area (Å²) < 4.78 is 23.4. The third kappa shape index (κ3) is 1.92. The summed E-state index contributed by atoms with van der Waals surface area (Å²) in [7, 11) is 3.18. The molecular formula is C8H15FO2S. The lowest BCUT2D eigenvalue weighted by Crippen LogP contribution is -2.32. The predicted octanol–water partition coefficient (Wildman–Crippen LogP) is 1.49. The SMILES string of the molecule is COCC1SC(C)[C@H](F)C1OC. The van der Waals surface area contributed by atoms with E-state index in [1.807, 2.05) is 6.92 Å². The zero-order chi connectivity index (χ0) is 9.14. The number of methoxy groups -OCH3 is 2. The quantitative estimate of drug-likeness (QED) is 0.678. The Morgan fingerprint density at radius 3 is 2.58 bits per heavy atom. The van der Waals surface area contributed by atoms with Crippen molar-refractivity contribution in [2.45, 2.75) is 29.7 Å². The van der Waals surface area contributed by atoms with Crippen LogP contribution in [0.15, 0.2) is 0 Å². The molecule has 0 radical (unpaired) electrons. The predicted molar refractivity (Wildman–Crippen MR) is 48.4 cm³/mol. The Kier molecular flexibility index (Phi) is 3.80. The molecule has 1 aliphatic rings. The summed E-state index contributed by atoms with van der Waals surface area (Å²) in [5.74, 6) is 0. The highest BCUT2D eigenvalue weighted by molar-refractivity contribution is 8.00. The van der Waals surface area contributed by atoms with Crippen molar-refractivity contribution in [2.75, 3.05) is 20.8 Å². The number of alkyl halides is 1. The summed E-state index contributed by atoms with van der Waals surface area (Å²) in [6, 6.07) is 0. The van der Waals surface area contributed by atoms with Crippen molar-refractivity contribution in [2.24, 2.45) is 0 Å². The van der Waals surface area contributed by atoms with Crippen molar-refractivity contribution in [1.29, 1.82) is 0 Å². The van der Waals surface area contributed by atoms with Crippen molar-refractivity contribution in [3.8, 4) is 0 Å². The van der Waals surface area contributed by atoms with E-state index in [0.717, 1.165) is 0 Å². The Hall–Kier alpha value is 0.200. The third-order valence-electron chi connectivity index (χ3n) is 2.12. The summed E-state index contributed by atoms with van der Waals surface area (Å²) in [4.78, 5) is 0. The second-order valence-corrected chi connectivity index (χ2v) is 4.60. The minimum absolute atomic E-state index is 0.0232. The van der Waals surface area contributed by atoms with Gasteiger partial charge in [0.25, 0.3) is 0 Å². The van der Waals surface area contributed by atoms with Crippen LogP contribution in [0.5, 0.6) is 0 Å². The van der Waals surface area contributed by atoms with Crippen molar-refractivity contribution in [3.63, 3.8) is 0 Å². The Labute approximate surface area is 76.8 Å². The second kappa shape index (κ2) is 4.44. The molecule has 2 nitrogen and oxygen atoms in total. The van der Waals surface area contributed by atoms with E-state index in [1.54, 1.807) is 26.0 Å². The van der Waals surface area contributed by atoms with Crippen molar-refractivity contribution < 1.29 is 13.9 Å². The first kappa shape index (κ1) is 10.3. The summed E-state index contributed by atoms with van der Waals surface area (Å²) in [5.41, 5.74) is 0. The van der Waals surface area contributed by atoms with Gasteiger partial charge < -0.3 is 9.47 Å². The van der Waals surface area contributed by atoms with Gasteiger partial charge in [0.15, 0.2) is 0 Å². The van der Waals surface area contributed by atoms with Crippen LogP contribution in [0.25, 0.3) is 0 Å². The zero-order valence-corrected chi connectivity index (χ0v) is 8.44. The molecule has 1 saturated heterocycles. The van der Waals surface area contributed by atoms with Gasteiger partial charge in [0, 0.05) is 19.5 Å². The van der Waals surface area contributed by atoms with Gasteiger partial charge in [0.05, 0.1) is 11.9 Å². The Bertz CT molecular complexity index is 145. The Morgan fingerprint density at radius 2 is 2.08 bits per heavy atom. The molecular weight excluding hydrogens is 179 g/mol. The lowest BCUT2D eigenvalue weighted by atomic mass is 10.1. The number of hydrogen-bond donors (Lipinski definition) is 0. The van der Waals surface area contributed by atoms with Gasteiger partial charge in [-0.15, -0.1) is 11.8 Å². The van der Waals surface area contributed by atoms with Crippen LogP contribution < -0.4 is 0 Å². The molecule has 0 aliphatic carbocycles. The molecule has 72 valence electrons. The van der Waals surface area contributed by atoms with E-state index >= 15 is 0 Å². The molecule has 4 atom stereocenters. The van der Waals surface area contributed by atoms with Crippen LogP contribution >= 0.6 is 11.8 Å². The molecule has 0 amide bonds. The molecule has 1 fully saturated rings. The summed E-state index contributed by atoms with van der Waals surface area (Å²) in [5, 5.41) is 0.167. The first-order valence-corrected chi connectivity index (χ1v) is 4.96. The molecule has 0 aromatic heterocycles. The van der Waals surface area contributed by atoms with Crippen LogP contribution in [0.3, 0.4) is 0 Å². The Morgan fingerprint density at radius 1 is 1.42 bits per heavy atom. The van der Waals surface area contributed by atoms with Gasteiger partial charge in [-0.1, -0.05) is 6.92 Å². The smallest absolute Gasteiger partial charge is 0.139 e. The molecule has 0 N–H and O–H groups in total. The number of halogens is 1. The van der Waals surface area contributed by atoms with Gasteiger partial charge in [-0.05, 0) is 0 Å². The maximum Gasteiger partial charge on any atom is 0.139 e. The van der Waals surface area contributed by atoms with E-state index in [9.17, 15) is 4.39 Å². The molecule has 1 aliphatic heterocycles. The van der Waals surface area contributed by atoms with Gasteiger partial charge in [-0.25, -0.2) is 4.39 Å². The maximum atomic E-state index is 13.4. The van der Waals surface area contributed by atoms with E-state index in [0.29, 0.717) is 6.61 Å². The highest BCUT2D eigenvalue weighted by atomic mass is 32.2. The lowest BCUT2D eigenvalue weighted by molar-refractivity contribution is 0.0254. The average molecular weight is 194 g/mol.